The first-order valence-corrected chi connectivity index (χ1v) is 5.96. The summed E-state index contributed by atoms with van der Waals surface area (Å²) in [7, 11) is 1.61. The van der Waals surface area contributed by atoms with Crippen LogP contribution in [-0.2, 0) is 16.0 Å². The highest BCUT2D eigenvalue weighted by Crippen LogP contribution is 2.19. The minimum absolute atomic E-state index is 0.159. The molecule has 18 heavy (non-hydrogen) atoms. The molecule has 0 fully saturated rings. The van der Waals surface area contributed by atoms with Crippen molar-refractivity contribution in [3.8, 4) is 0 Å². The van der Waals surface area contributed by atoms with E-state index in [1.54, 1.807) is 14.0 Å². The first-order valence-electron chi connectivity index (χ1n) is 5.96. The summed E-state index contributed by atoms with van der Waals surface area (Å²) in [4.78, 5) is 19.7. The van der Waals surface area contributed by atoms with Crippen molar-refractivity contribution in [2.75, 3.05) is 7.11 Å². The summed E-state index contributed by atoms with van der Waals surface area (Å²) in [6.45, 7) is 7.33. The number of aromatic nitrogens is 2. The average Bonchev–Trinajstić information content (AvgIpc) is 2.31. The van der Waals surface area contributed by atoms with Crippen LogP contribution < -0.4 is 0 Å². The number of hydrogen-bond donors (Lipinski definition) is 1. The van der Waals surface area contributed by atoms with Crippen LogP contribution in [0, 0.1) is 19.8 Å². The van der Waals surface area contributed by atoms with E-state index in [4.69, 9.17) is 9.84 Å². The van der Waals surface area contributed by atoms with Crippen LogP contribution in [0.1, 0.15) is 42.7 Å². The molecule has 1 rings (SSSR count). The van der Waals surface area contributed by atoms with Gasteiger partial charge in [0.15, 0.2) is 5.82 Å². The van der Waals surface area contributed by atoms with Gasteiger partial charge in [-0.15, -0.1) is 0 Å². The fourth-order valence-electron chi connectivity index (χ4n) is 1.74. The van der Waals surface area contributed by atoms with Gasteiger partial charge in [0, 0.05) is 18.5 Å². The molecule has 1 aromatic heterocycles. The maximum Gasteiger partial charge on any atom is 0.306 e. The topological polar surface area (TPSA) is 72.3 Å². The van der Waals surface area contributed by atoms with Gasteiger partial charge in [-0.1, -0.05) is 6.92 Å². The summed E-state index contributed by atoms with van der Waals surface area (Å²) in [6.07, 6.45) is 0.294. The van der Waals surface area contributed by atoms with Gasteiger partial charge in [0.05, 0.1) is 5.92 Å². The number of hydrogen-bond acceptors (Lipinski definition) is 4. The van der Waals surface area contributed by atoms with Crippen molar-refractivity contribution < 1.29 is 14.6 Å². The largest absolute Gasteiger partial charge is 0.481 e. The molecule has 0 saturated heterocycles. The fourth-order valence-corrected chi connectivity index (χ4v) is 1.74. The summed E-state index contributed by atoms with van der Waals surface area (Å²) in [6, 6.07) is 0. The Morgan fingerprint density at radius 2 is 1.78 bits per heavy atom. The maximum absolute atomic E-state index is 10.9. The monoisotopic (exact) mass is 252 g/mol. The summed E-state index contributed by atoms with van der Waals surface area (Å²) >= 11 is 0. The van der Waals surface area contributed by atoms with E-state index in [9.17, 15) is 4.79 Å². The SMILES string of the molecule is COC(C)c1nc(C)c(CC(C)C(=O)O)c(C)n1. The molecule has 1 N–H and O–H groups in total. The van der Waals surface area contributed by atoms with Gasteiger partial charge in [-0.05, 0) is 32.8 Å². The summed E-state index contributed by atoms with van der Waals surface area (Å²) in [5.41, 5.74) is 2.57. The van der Waals surface area contributed by atoms with Gasteiger partial charge in [-0.2, -0.15) is 0 Å². The van der Waals surface area contributed by atoms with Crippen LogP contribution in [-0.4, -0.2) is 28.2 Å². The van der Waals surface area contributed by atoms with E-state index in [0.29, 0.717) is 12.2 Å². The van der Waals surface area contributed by atoms with E-state index in [1.165, 1.54) is 0 Å². The summed E-state index contributed by atoms with van der Waals surface area (Å²) in [5, 5.41) is 8.95. The molecule has 0 bridgehead atoms. The predicted molar refractivity (Wildman–Crippen MR) is 67.4 cm³/mol. The van der Waals surface area contributed by atoms with E-state index in [2.05, 4.69) is 9.97 Å². The number of ether oxygens (including phenoxy) is 1. The van der Waals surface area contributed by atoms with E-state index >= 15 is 0 Å². The van der Waals surface area contributed by atoms with E-state index in [-0.39, 0.29) is 6.10 Å². The lowest BCUT2D eigenvalue weighted by molar-refractivity contribution is -0.141. The standard InChI is InChI=1S/C13H20N2O3/c1-7(13(16)17)6-11-8(2)14-12(10(4)18-5)15-9(11)3/h7,10H,6H2,1-5H3,(H,16,17). The molecule has 0 aromatic carbocycles. The number of rotatable bonds is 5. The van der Waals surface area contributed by atoms with Crippen molar-refractivity contribution in [1.82, 2.24) is 9.97 Å². The molecule has 2 atom stereocenters. The average molecular weight is 252 g/mol. The van der Waals surface area contributed by atoms with Crippen molar-refractivity contribution in [2.45, 2.75) is 40.2 Å². The first-order chi connectivity index (χ1) is 8.36. The third-order valence-corrected chi connectivity index (χ3v) is 3.09. The number of carboxylic acids is 1. The molecule has 2 unspecified atom stereocenters. The molecule has 0 radical (unpaired) electrons. The summed E-state index contributed by atoms with van der Waals surface area (Å²) in [5.74, 6) is -0.598. The Bertz CT molecular complexity index is 423. The van der Waals surface area contributed by atoms with Crippen LogP contribution in [0.3, 0.4) is 0 Å². The normalized spacial score (nSPS) is 14.3. The highest BCUT2D eigenvalue weighted by Gasteiger charge is 2.18. The Hall–Kier alpha value is -1.49. The van der Waals surface area contributed by atoms with Crippen LogP contribution in [0.25, 0.3) is 0 Å². The van der Waals surface area contributed by atoms with Crippen molar-refractivity contribution in [3.05, 3.63) is 22.8 Å². The second kappa shape index (κ2) is 5.91. The Morgan fingerprint density at radius 1 is 1.28 bits per heavy atom. The number of nitrogens with zero attached hydrogens (tertiary/aromatic N) is 2. The van der Waals surface area contributed by atoms with E-state index in [0.717, 1.165) is 17.0 Å². The van der Waals surface area contributed by atoms with Gasteiger partial charge in [-0.3, -0.25) is 4.79 Å². The Labute approximate surface area is 107 Å². The Morgan fingerprint density at radius 3 is 2.17 bits per heavy atom. The lowest BCUT2D eigenvalue weighted by Crippen LogP contribution is -2.16. The molecule has 0 saturated carbocycles. The zero-order valence-electron chi connectivity index (χ0n) is 11.5. The van der Waals surface area contributed by atoms with Crippen LogP contribution >= 0.6 is 0 Å². The smallest absolute Gasteiger partial charge is 0.306 e. The fraction of sp³-hybridized carbons (Fsp3) is 0.615. The predicted octanol–water partition coefficient (Wildman–Crippen LogP) is 2.06. The molecule has 0 aliphatic rings. The molecule has 5 nitrogen and oxygen atoms in total. The highest BCUT2D eigenvalue weighted by molar-refractivity contribution is 5.70. The van der Waals surface area contributed by atoms with Gasteiger partial charge >= 0.3 is 5.97 Å². The Balaban J connectivity index is 3.05. The van der Waals surface area contributed by atoms with Gasteiger partial charge in [0.2, 0.25) is 0 Å². The lowest BCUT2D eigenvalue weighted by Gasteiger charge is -2.15. The summed E-state index contributed by atoms with van der Waals surface area (Å²) < 4.78 is 5.19. The molecule has 0 aliphatic heterocycles. The Kier molecular flexibility index (Phi) is 4.78. The number of carbonyl (C=O) groups is 1. The maximum atomic E-state index is 10.9. The van der Waals surface area contributed by atoms with E-state index < -0.39 is 11.9 Å². The van der Waals surface area contributed by atoms with Gasteiger partial charge in [-0.25, -0.2) is 9.97 Å². The molecule has 0 spiro atoms. The van der Waals surface area contributed by atoms with Crippen molar-refractivity contribution in [1.29, 1.82) is 0 Å². The molecular formula is C13H20N2O3. The second-order valence-electron chi connectivity index (χ2n) is 4.55. The highest BCUT2D eigenvalue weighted by atomic mass is 16.5. The molecule has 5 heteroatoms. The van der Waals surface area contributed by atoms with Crippen LogP contribution in [0.2, 0.25) is 0 Å². The molecular weight excluding hydrogens is 232 g/mol. The van der Waals surface area contributed by atoms with Crippen LogP contribution in [0.5, 0.6) is 0 Å². The second-order valence-corrected chi connectivity index (χ2v) is 4.55. The third-order valence-electron chi connectivity index (χ3n) is 3.09. The molecule has 0 amide bonds. The van der Waals surface area contributed by atoms with Gasteiger partial charge in [0.1, 0.15) is 6.10 Å². The zero-order valence-corrected chi connectivity index (χ0v) is 11.5. The van der Waals surface area contributed by atoms with Gasteiger partial charge < -0.3 is 9.84 Å². The molecule has 0 aliphatic carbocycles. The van der Waals surface area contributed by atoms with Crippen molar-refractivity contribution >= 4 is 5.97 Å². The van der Waals surface area contributed by atoms with Crippen LogP contribution in [0.4, 0.5) is 0 Å². The van der Waals surface area contributed by atoms with Crippen LogP contribution in [0.15, 0.2) is 0 Å². The minimum atomic E-state index is -0.803. The number of aryl methyl sites for hydroxylation is 2. The molecule has 1 heterocycles. The van der Waals surface area contributed by atoms with Crippen molar-refractivity contribution in [2.24, 2.45) is 5.92 Å². The molecule has 1 aromatic rings. The van der Waals surface area contributed by atoms with E-state index in [1.807, 2.05) is 20.8 Å². The number of methoxy groups -OCH3 is 1. The minimum Gasteiger partial charge on any atom is -0.481 e. The first kappa shape index (κ1) is 14.6. The van der Waals surface area contributed by atoms with Gasteiger partial charge in [0.25, 0.3) is 0 Å². The number of aliphatic carboxylic acids is 1. The molecule has 100 valence electrons. The third kappa shape index (κ3) is 3.26. The number of carboxylic acid groups (broad SMARTS) is 1. The lowest BCUT2D eigenvalue weighted by atomic mass is 9.99. The zero-order chi connectivity index (χ0) is 13.9. The van der Waals surface area contributed by atoms with Crippen molar-refractivity contribution in [3.63, 3.8) is 0 Å². The quantitative estimate of drug-likeness (QED) is 0.868.